The molecule has 0 saturated heterocycles. The Balaban J connectivity index is 2.99. The second kappa shape index (κ2) is 7.23. The van der Waals surface area contributed by atoms with E-state index in [0.29, 0.717) is 0 Å². The van der Waals surface area contributed by atoms with E-state index >= 15 is 0 Å². The van der Waals surface area contributed by atoms with Gasteiger partial charge in [-0.05, 0) is 31.9 Å². The van der Waals surface area contributed by atoms with E-state index in [1.807, 2.05) is 34.6 Å². The Hall–Kier alpha value is -0.870. The van der Waals surface area contributed by atoms with E-state index in [9.17, 15) is 8.42 Å². The summed E-state index contributed by atoms with van der Waals surface area (Å²) in [4.78, 5) is 0. The number of rotatable bonds is 7. The zero-order valence-corrected chi connectivity index (χ0v) is 14.0. The number of sulfone groups is 1. The summed E-state index contributed by atoms with van der Waals surface area (Å²) in [6, 6.07) is 6.13. The third kappa shape index (κ3) is 5.63. The minimum absolute atomic E-state index is 0.123. The van der Waals surface area contributed by atoms with Crippen molar-refractivity contribution in [2.75, 3.05) is 18.1 Å². The van der Waals surface area contributed by atoms with Crippen LogP contribution in [0.2, 0.25) is 0 Å². The summed E-state index contributed by atoms with van der Waals surface area (Å²) in [6.07, 6.45) is 0. The van der Waals surface area contributed by atoms with Crippen LogP contribution in [0.4, 0.5) is 0 Å². The Morgan fingerprint density at radius 1 is 1.05 bits per heavy atom. The normalized spacial score (nSPS) is 13.7. The van der Waals surface area contributed by atoms with E-state index in [1.165, 1.54) is 11.1 Å². The quantitative estimate of drug-likeness (QED) is 0.841. The molecule has 0 spiro atoms. The number of aryl methyl sites for hydroxylation is 2. The third-order valence-electron chi connectivity index (χ3n) is 3.10. The summed E-state index contributed by atoms with van der Waals surface area (Å²) < 4.78 is 24.5. The number of hydrogen-bond acceptors (Lipinski definition) is 3. The molecule has 0 aliphatic heterocycles. The van der Waals surface area contributed by atoms with Crippen LogP contribution in [-0.2, 0) is 9.84 Å². The van der Waals surface area contributed by atoms with Gasteiger partial charge in [-0.3, -0.25) is 0 Å². The summed E-state index contributed by atoms with van der Waals surface area (Å²) in [6.45, 7) is 10.7. The zero-order valence-electron chi connectivity index (χ0n) is 13.2. The van der Waals surface area contributed by atoms with Crippen LogP contribution >= 0.6 is 0 Å². The highest BCUT2D eigenvalue weighted by Gasteiger charge is 2.21. The fourth-order valence-electron chi connectivity index (χ4n) is 2.56. The Bertz CT molecular complexity index is 515. The van der Waals surface area contributed by atoms with E-state index < -0.39 is 9.84 Å². The molecule has 1 aromatic rings. The summed E-state index contributed by atoms with van der Waals surface area (Å²) >= 11 is 0. The highest BCUT2D eigenvalue weighted by molar-refractivity contribution is 7.91. The molecule has 4 heteroatoms. The van der Waals surface area contributed by atoms with Crippen LogP contribution in [0.15, 0.2) is 18.2 Å². The Kier molecular flexibility index (Phi) is 6.21. The maximum Gasteiger partial charge on any atom is 0.152 e. The van der Waals surface area contributed by atoms with Crippen LogP contribution in [-0.4, -0.2) is 26.5 Å². The predicted molar refractivity (Wildman–Crippen MR) is 85.8 cm³/mol. The second-order valence-electron chi connectivity index (χ2n) is 6.00. The Morgan fingerprint density at radius 3 is 2.05 bits per heavy atom. The minimum atomic E-state index is -3.04. The Labute approximate surface area is 123 Å². The maximum absolute atomic E-state index is 12.2. The molecule has 0 aliphatic rings. The number of nitrogens with one attached hydrogen (secondary N) is 1. The summed E-state index contributed by atoms with van der Waals surface area (Å²) in [5, 5.41) is 3.30. The van der Waals surface area contributed by atoms with Crippen LogP contribution < -0.4 is 5.32 Å². The van der Waals surface area contributed by atoms with Gasteiger partial charge >= 0.3 is 0 Å². The molecule has 0 radical (unpaired) electrons. The fourth-order valence-corrected chi connectivity index (χ4v) is 4.53. The van der Waals surface area contributed by atoms with Crippen molar-refractivity contribution >= 4 is 9.84 Å². The lowest BCUT2D eigenvalue weighted by molar-refractivity contribution is 0.550. The van der Waals surface area contributed by atoms with Crippen molar-refractivity contribution in [3.05, 3.63) is 34.9 Å². The molecular weight excluding hydrogens is 270 g/mol. The molecule has 0 heterocycles. The van der Waals surface area contributed by atoms with Gasteiger partial charge in [0.1, 0.15) is 0 Å². The van der Waals surface area contributed by atoms with Gasteiger partial charge in [-0.15, -0.1) is 0 Å². The highest BCUT2D eigenvalue weighted by atomic mass is 32.2. The van der Waals surface area contributed by atoms with Gasteiger partial charge in [0, 0.05) is 6.04 Å². The van der Waals surface area contributed by atoms with E-state index in [-0.39, 0.29) is 23.5 Å². The molecule has 0 aliphatic carbocycles. The van der Waals surface area contributed by atoms with Crippen molar-refractivity contribution in [2.24, 2.45) is 5.92 Å². The molecule has 3 nitrogen and oxygen atoms in total. The maximum atomic E-state index is 12.2. The van der Waals surface area contributed by atoms with Gasteiger partial charge in [0.25, 0.3) is 0 Å². The minimum Gasteiger partial charge on any atom is -0.309 e. The smallest absolute Gasteiger partial charge is 0.152 e. The average Bonchev–Trinajstić information content (AvgIpc) is 2.24. The van der Waals surface area contributed by atoms with Gasteiger partial charge in [0.2, 0.25) is 0 Å². The topological polar surface area (TPSA) is 46.2 Å². The van der Waals surface area contributed by atoms with Gasteiger partial charge in [0.05, 0.1) is 11.5 Å². The molecule has 1 unspecified atom stereocenters. The standard InChI is InChI=1S/C16H27NO2S/c1-6-17-16(11-20(18,19)10-12(2)3)15-8-13(4)7-14(5)9-15/h7-9,12,16-17H,6,10-11H2,1-5H3. The zero-order chi connectivity index (χ0) is 15.3. The van der Waals surface area contributed by atoms with Crippen molar-refractivity contribution in [3.8, 4) is 0 Å². The van der Waals surface area contributed by atoms with Crippen molar-refractivity contribution in [1.29, 1.82) is 0 Å². The molecule has 0 fully saturated rings. The molecule has 20 heavy (non-hydrogen) atoms. The van der Waals surface area contributed by atoms with E-state index in [1.54, 1.807) is 0 Å². The lowest BCUT2D eigenvalue weighted by atomic mass is 10.0. The van der Waals surface area contributed by atoms with Crippen molar-refractivity contribution in [3.63, 3.8) is 0 Å². The Morgan fingerprint density at radius 2 is 1.60 bits per heavy atom. The number of benzene rings is 1. The van der Waals surface area contributed by atoms with E-state index in [0.717, 1.165) is 12.1 Å². The van der Waals surface area contributed by atoms with Crippen LogP contribution in [0.1, 0.15) is 43.5 Å². The van der Waals surface area contributed by atoms with Crippen LogP contribution in [0.25, 0.3) is 0 Å². The lowest BCUT2D eigenvalue weighted by Crippen LogP contribution is -2.30. The molecule has 0 amide bonds. The fraction of sp³-hybridized carbons (Fsp3) is 0.625. The van der Waals surface area contributed by atoms with Gasteiger partial charge in [0.15, 0.2) is 9.84 Å². The van der Waals surface area contributed by atoms with Gasteiger partial charge < -0.3 is 5.32 Å². The first-order chi connectivity index (χ1) is 9.23. The van der Waals surface area contributed by atoms with Crippen molar-refractivity contribution in [1.82, 2.24) is 5.32 Å². The summed E-state index contributed by atoms with van der Waals surface area (Å²) in [7, 11) is -3.04. The molecule has 1 rings (SSSR count). The molecule has 1 atom stereocenters. The second-order valence-corrected chi connectivity index (χ2v) is 8.16. The molecule has 0 aromatic heterocycles. The summed E-state index contributed by atoms with van der Waals surface area (Å²) in [5.41, 5.74) is 3.41. The highest BCUT2D eigenvalue weighted by Crippen LogP contribution is 2.20. The predicted octanol–water partition coefficient (Wildman–Crippen LogP) is 3.02. The van der Waals surface area contributed by atoms with Gasteiger partial charge in [-0.25, -0.2) is 8.42 Å². The van der Waals surface area contributed by atoms with E-state index in [2.05, 4.69) is 23.5 Å². The van der Waals surface area contributed by atoms with Crippen LogP contribution in [0, 0.1) is 19.8 Å². The number of hydrogen-bond donors (Lipinski definition) is 1. The summed E-state index contributed by atoms with van der Waals surface area (Å²) in [5.74, 6) is 0.586. The molecule has 0 bridgehead atoms. The van der Waals surface area contributed by atoms with E-state index in [4.69, 9.17) is 0 Å². The molecular formula is C16H27NO2S. The molecule has 114 valence electrons. The molecule has 1 N–H and O–H groups in total. The molecule has 0 saturated carbocycles. The average molecular weight is 297 g/mol. The van der Waals surface area contributed by atoms with Crippen molar-refractivity contribution < 1.29 is 8.42 Å². The first kappa shape index (κ1) is 17.2. The third-order valence-corrected chi connectivity index (χ3v) is 5.12. The van der Waals surface area contributed by atoms with Crippen molar-refractivity contribution in [2.45, 2.75) is 40.7 Å². The van der Waals surface area contributed by atoms with Crippen LogP contribution in [0.3, 0.4) is 0 Å². The lowest BCUT2D eigenvalue weighted by Gasteiger charge is -2.20. The first-order valence-corrected chi connectivity index (χ1v) is 9.07. The van der Waals surface area contributed by atoms with Gasteiger partial charge in [-0.2, -0.15) is 0 Å². The SMILES string of the molecule is CCNC(CS(=O)(=O)CC(C)C)c1cc(C)cc(C)c1. The van der Waals surface area contributed by atoms with Crippen LogP contribution in [0.5, 0.6) is 0 Å². The van der Waals surface area contributed by atoms with Gasteiger partial charge in [-0.1, -0.05) is 50.1 Å². The molecule has 1 aromatic carbocycles. The monoisotopic (exact) mass is 297 g/mol. The largest absolute Gasteiger partial charge is 0.309 e. The first-order valence-electron chi connectivity index (χ1n) is 7.25.